The van der Waals surface area contributed by atoms with Gasteiger partial charge in [0.15, 0.2) is 5.58 Å². The monoisotopic (exact) mass is 421 g/mol. The van der Waals surface area contributed by atoms with Crippen molar-refractivity contribution in [2.75, 3.05) is 18.0 Å². The summed E-state index contributed by atoms with van der Waals surface area (Å²) in [7, 11) is 0. The molecule has 31 heavy (non-hydrogen) atoms. The smallest absolute Gasteiger partial charge is 0.259 e. The Morgan fingerprint density at radius 3 is 2.74 bits per heavy atom. The Balaban J connectivity index is 1.41. The van der Waals surface area contributed by atoms with Gasteiger partial charge in [-0.3, -0.25) is 14.9 Å². The molecular formula is C24H24FN3O3. The van der Waals surface area contributed by atoms with Gasteiger partial charge in [-0.05, 0) is 55.5 Å². The summed E-state index contributed by atoms with van der Waals surface area (Å²) in [4.78, 5) is 26.9. The summed E-state index contributed by atoms with van der Waals surface area (Å²) in [5, 5.41) is 7.54. The second kappa shape index (κ2) is 7.80. The number of fused-ring (bicyclic) bond motifs is 2. The average Bonchev–Trinajstić information content (AvgIpc) is 3.32. The lowest BCUT2D eigenvalue weighted by molar-refractivity contribution is 0.0879. The summed E-state index contributed by atoms with van der Waals surface area (Å²) in [5.41, 5.74) is 4.41. The molecule has 6 nitrogen and oxygen atoms in total. The highest BCUT2D eigenvalue weighted by Crippen LogP contribution is 2.37. The molecule has 1 fully saturated rings. The van der Waals surface area contributed by atoms with Crippen LogP contribution in [0.2, 0.25) is 0 Å². The third kappa shape index (κ3) is 3.38. The standard InChI is InChI=1S/C24H24FN3O3/c1-2-3-4-16-19(8-7-18-21(16)24(30)26-23(18)29)28-11-9-14(10-12-28)22-17-6-5-15(25)13-20(17)31-27-22/h5-8,13-14H,2-4,9-12H2,1H3,(H,26,29,30). The van der Waals surface area contributed by atoms with Crippen molar-refractivity contribution in [3.8, 4) is 0 Å². The Kier molecular flexibility index (Phi) is 4.96. The number of hydrogen-bond donors (Lipinski definition) is 1. The van der Waals surface area contributed by atoms with Crippen LogP contribution < -0.4 is 10.2 Å². The van der Waals surface area contributed by atoms with Gasteiger partial charge >= 0.3 is 0 Å². The molecule has 0 spiro atoms. The number of halogens is 1. The van der Waals surface area contributed by atoms with Gasteiger partial charge in [-0.1, -0.05) is 18.5 Å². The number of piperidine rings is 1. The topological polar surface area (TPSA) is 75.4 Å². The van der Waals surface area contributed by atoms with Crippen LogP contribution in [0.5, 0.6) is 0 Å². The zero-order valence-electron chi connectivity index (χ0n) is 17.4. The summed E-state index contributed by atoms with van der Waals surface area (Å²) in [6.45, 7) is 3.75. The molecule has 1 saturated heterocycles. The third-order valence-electron chi connectivity index (χ3n) is 6.45. The second-order valence-electron chi connectivity index (χ2n) is 8.34. The van der Waals surface area contributed by atoms with E-state index < -0.39 is 0 Å². The molecule has 2 aliphatic rings. The van der Waals surface area contributed by atoms with Crippen LogP contribution in [-0.2, 0) is 6.42 Å². The molecule has 160 valence electrons. The fourth-order valence-corrected chi connectivity index (χ4v) is 4.84. The van der Waals surface area contributed by atoms with E-state index in [2.05, 4.69) is 22.3 Å². The maximum Gasteiger partial charge on any atom is 0.259 e. The number of hydrogen-bond acceptors (Lipinski definition) is 5. The van der Waals surface area contributed by atoms with E-state index in [4.69, 9.17) is 4.52 Å². The molecule has 5 rings (SSSR count). The average molecular weight is 421 g/mol. The molecule has 3 heterocycles. The minimum Gasteiger partial charge on any atom is -0.371 e. The third-order valence-corrected chi connectivity index (χ3v) is 6.45. The van der Waals surface area contributed by atoms with Crippen LogP contribution >= 0.6 is 0 Å². The summed E-state index contributed by atoms with van der Waals surface area (Å²) < 4.78 is 18.8. The van der Waals surface area contributed by atoms with Gasteiger partial charge in [0.25, 0.3) is 11.8 Å². The molecule has 2 amide bonds. The molecule has 0 atom stereocenters. The zero-order valence-corrected chi connectivity index (χ0v) is 17.4. The van der Waals surface area contributed by atoms with Crippen LogP contribution in [0.25, 0.3) is 11.0 Å². The van der Waals surface area contributed by atoms with E-state index in [0.717, 1.165) is 67.5 Å². The highest BCUT2D eigenvalue weighted by molar-refractivity contribution is 6.22. The fraction of sp³-hybridized carbons (Fsp3) is 0.375. The molecule has 0 aliphatic carbocycles. The lowest BCUT2D eigenvalue weighted by atomic mass is 9.90. The molecular weight excluding hydrogens is 397 g/mol. The SMILES string of the molecule is CCCCc1c(N2CCC(c3noc4cc(F)ccc34)CC2)ccc2c1C(=O)NC2=O. The number of unbranched alkanes of at least 4 members (excludes halogenated alkanes) is 1. The quantitative estimate of drug-likeness (QED) is 0.611. The van der Waals surface area contributed by atoms with Gasteiger partial charge < -0.3 is 9.42 Å². The molecule has 0 bridgehead atoms. The number of imide groups is 1. The van der Waals surface area contributed by atoms with E-state index in [1.807, 2.05) is 6.07 Å². The van der Waals surface area contributed by atoms with Crippen molar-refractivity contribution in [3.63, 3.8) is 0 Å². The van der Waals surface area contributed by atoms with Gasteiger partial charge in [0.1, 0.15) is 5.82 Å². The summed E-state index contributed by atoms with van der Waals surface area (Å²) in [5.74, 6) is -0.688. The summed E-state index contributed by atoms with van der Waals surface area (Å²) >= 11 is 0. The molecule has 0 unspecified atom stereocenters. The predicted octanol–water partition coefficient (Wildman–Crippen LogP) is 4.58. The van der Waals surface area contributed by atoms with Crippen LogP contribution in [0.15, 0.2) is 34.9 Å². The van der Waals surface area contributed by atoms with E-state index in [1.165, 1.54) is 12.1 Å². The van der Waals surface area contributed by atoms with Crippen molar-refractivity contribution < 1.29 is 18.5 Å². The highest BCUT2D eigenvalue weighted by atomic mass is 19.1. The highest BCUT2D eigenvalue weighted by Gasteiger charge is 2.33. The van der Waals surface area contributed by atoms with Crippen LogP contribution in [0.4, 0.5) is 10.1 Å². The fourth-order valence-electron chi connectivity index (χ4n) is 4.84. The molecule has 2 aromatic carbocycles. The summed E-state index contributed by atoms with van der Waals surface area (Å²) in [6.07, 6.45) is 4.52. The van der Waals surface area contributed by atoms with Gasteiger partial charge in [0, 0.05) is 36.1 Å². The number of aromatic nitrogens is 1. The first kappa shape index (κ1) is 19.7. The Labute approximate surface area is 179 Å². The van der Waals surface area contributed by atoms with Crippen molar-refractivity contribution >= 4 is 28.5 Å². The first-order chi connectivity index (χ1) is 15.1. The number of rotatable bonds is 5. The minimum atomic E-state index is -0.330. The van der Waals surface area contributed by atoms with Crippen molar-refractivity contribution in [2.24, 2.45) is 0 Å². The normalized spacial score (nSPS) is 16.8. The molecule has 7 heteroatoms. The molecule has 1 aromatic heterocycles. The number of benzene rings is 2. The maximum atomic E-state index is 13.5. The summed E-state index contributed by atoms with van der Waals surface area (Å²) in [6, 6.07) is 8.30. The van der Waals surface area contributed by atoms with Crippen molar-refractivity contribution in [2.45, 2.75) is 44.9 Å². The van der Waals surface area contributed by atoms with Crippen molar-refractivity contribution in [1.29, 1.82) is 0 Å². The van der Waals surface area contributed by atoms with E-state index in [-0.39, 0.29) is 23.5 Å². The predicted molar refractivity (Wildman–Crippen MR) is 115 cm³/mol. The Morgan fingerprint density at radius 1 is 1.16 bits per heavy atom. The number of amides is 2. The van der Waals surface area contributed by atoms with Crippen LogP contribution in [0.3, 0.4) is 0 Å². The van der Waals surface area contributed by atoms with E-state index >= 15 is 0 Å². The minimum absolute atomic E-state index is 0.237. The van der Waals surface area contributed by atoms with E-state index in [9.17, 15) is 14.0 Å². The van der Waals surface area contributed by atoms with Crippen LogP contribution in [-0.4, -0.2) is 30.1 Å². The van der Waals surface area contributed by atoms with Crippen molar-refractivity contribution in [1.82, 2.24) is 10.5 Å². The number of anilines is 1. The molecule has 0 radical (unpaired) electrons. The van der Waals surface area contributed by atoms with Crippen LogP contribution in [0, 0.1) is 5.82 Å². The molecule has 3 aromatic rings. The maximum absolute atomic E-state index is 13.5. The number of nitrogens with zero attached hydrogens (tertiary/aromatic N) is 2. The Bertz CT molecular complexity index is 1180. The number of carbonyl (C=O) groups is 2. The number of carbonyl (C=O) groups excluding carboxylic acids is 2. The second-order valence-corrected chi connectivity index (χ2v) is 8.34. The van der Waals surface area contributed by atoms with Gasteiger partial charge in [-0.2, -0.15) is 0 Å². The van der Waals surface area contributed by atoms with Crippen LogP contribution in [0.1, 0.15) is 70.5 Å². The lowest BCUT2D eigenvalue weighted by Gasteiger charge is -2.34. The first-order valence-corrected chi connectivity index (χ1v) is 10.9. The molecule has 1 N–H and O–H groups in total. The molecule has 0 saturated carbocycles. The first-order valence-electron chi connectivity index (χ1n) is 10.9. The van der Waals surface area contributed by atoms with E-state index in [1.54, 1.807) is 12.1 Å². The number of nitrogens with one attached hydrogen (secondary N) is 1. The Morgan fingerprint density at radius 2 is 1.97 bits per heavy atom. The largest absolute Gasteiger partial charge is 0.371 e. The van der Waals surface area contributed by atoms with Gasteiger partial charge in [0.05, 0.1) is 16.8 Å². The van der Waals surface area contributed by atoms with Gasteiger partial charge in [-0.15, -0.1) is 0 Å². The zero-order chi connectivity index (χ0) is 21.5. The Hall–Kier alpha value is -3.22. The lowest BCUT2D eigenvalue weighted by Crippen LogP contribution is -2.34. The van der Waals surface area contributed by atoms with Gasteiger partial charge in [0.2, 0.25) is 0 Å². The van der Waals surface area contributed by atoms with Gasteiger partial charge in [-0.25, -0.2) is 4.39 Å². The van der Waals surface area contributed by atoms with E-state index in [0.29, 0.717) is 16.7 Å². The molecule has 2 aliphatic heterocycles. The van der Waals surface area contributed by atoms with Crippen molar-refractivity contribution in [3.05, 3.63) is 58.5 Å².